The van der Waals surface area contributed by atoms with Gasteiger partial charge in [-0.05, 0) is 24.6 Å². The molecule has 0 spiro atoms. The molecule has 17 heavy (non-hydrogen) atoms. The molecule has 4 nitrogen and oxygen atoms in total. The first kappa shape index (κ1) is 13.3. The highest BCUT2D eigenvalue weighted by atomic mass is 32.2. The zero-order valence-corrected chi connectivity index (χ0v) is 9.26. The van der Waals surface area contributed by atoms with E-state index in [0.717, 1.165) is 6.07 Å². The summed E-state index contributed by atoms with van der Waals surface area (Å²) in [7, 11) is -5.75. The van der Waals surface area contributed by atoms with Gasteiger partial charge in [0.1, 0.15) is 6.07 Å². The fourth-order valence-corrected chi connectivity index (χ4v) is 1.45. The SMILES string of the molecule is Cc1ccc(OS(=O)(=O)C(F)(F)F)c(C#N)c1. The van der Waals surface area contributed by atoms with Crippen molar-refractivity contribution < 1.29 is 25.8 Å². The summed E-state index contributed by atoms with van der Waals surface area (Å²) in [6.45, 7) is 1.60. The number of halogens is 3. The van der Waals surface area contributed by atoms with Crippen LogP contribution in [0.4, 0.5) is 13.2 Å². The van der Waals surface area contributed by atoms with Crippen molar-refractivity contribution in [1.29, 1.82) is 5.26 Å². The molecule has 1 rings (SSSR count). The molecule has 0 fully saturated rings. The van der Waals surface area contributed by atoms with Crippen molar-refractivity contribution in [3.05, 3.63) is 29.3 Å². The van der Waals surface area contributed by atoms with Gasteiger partial charge in [0.15, 0.2) is 5.75 Å². The van der Waals surface area contributed by atoms with Crippen LogP contribution in [-0.4, -0.2) is 13.9 Å². The highest BCUT2D eigenvalue weighted by Gasteiger charge is 2.48. The van der Waals surface area contributed by atoms with Crippen LogP contribution in [0.15, 0.2) is 18.2 Å². The van der Waals surface area contributed by atoms with Crippen LogP contribution >= 0.6 is 0 Å². The number of nitrogens with zero attached hydrogens (tertiary/aromatic N) is 1. The minimum Gasteiger partial charge on any atom is -0.375 e. The van der Waals surface area contributed by atoms with Gasteiger partial charge in [-0.3, -0.25) is 0 Å². The molecule has 0 aliphatic heterocycles. The van der Waals surface area contributed by atoms with Crippen molar-refractivity contribution in [2.45, 2.75) is 12.4 Å². The number of aryl methyl sites for hydroxylation is 1. The molecule has 0 radical (unpaired) electrons. The lowest BCUT2D eigenvalue weighted by Gasteiger charge is -2.10. The molecular formula is C9H6F3NO3S. The molecule has 0 amide bonds. The fraction of sp³-hybridized carbons (Fsp3) is 0.222. The van der Waals surface area contributed by atoms with Crippen molar-refractivity contribution in [1.82, 2.24) is 0 Å². The van der Waals surface area contributed by atoms with E-state index in [1.54, 1.807) is 13.0 Å². The van der Waals surface area contributed by atoms with Crippen LogP contribution in [0.2, 0.25) is 0 Å². The van der Waals surface area contributed by atoms with Gasteiger partial charge in [-0.1, -0.05) is 6.07 Å². The maximum atomic E-state index is 12.0. The van der Waals surface area contributed by atoms with Crippen molar-refractivity contribution >= 4 is 10.1 Å². The number of rotatable bonds is 2. The van der Waals surface area contributed by atoms with Gasteiger partial charge in [0, 0.05) is 0 Å². The molecular weight excluding hydrogens is 259 g/mol. The molecule has 0 aliphatic carbocycles. The van der Waals surface area contributed by atoms with Gasteiger partial charge in [0.25, 0.3) is 0 Å². The number of hydrogen-bond donors (Lipinski definition) is 0. The van der Waals surface area contributed by atoms with Crippen LogP contribution in [0, 0.1) is 18.3 Å². The molecule has 0 saturated heterocycles. The second-order valence-corrected chi connectivity index (χ2v) is 4.63. The molecule has 8 heteroatoms. The van der Waals surface area contributed by atoms with Crippen LogP contribution in [0.1, 0.15) is 11.1 Å². The third kappa shape index (κ3) is 2.88. The Morgan fingerprint density at radius 3 is 2.41 bits per heavy atom. The molecule has 0 atom stereocenters. The molecule has 0 N–H and O–H groups in total. The molecule has 1 aromatic carbocycles. The number of hydrogen-bond acceptors (Lipinski definition) is 4. The second kappa shape index (κ2) is 4.25. The predicted octanol–water partition coefficient (Wildman–Crippen LogP) is 2.10. The monoisotopic (exact) mass is 265 g/mol. The van der Waals surface area contributed by atoms with Crippen LogP contribution in [0.25, 0.3) is 0 Å². The standard InChI is InChI=1S/C9H6F3NO3S/c1-6-2-3-8(7(4-6)5-13)16-17(14,15)9(10,11)12/h2-4H,1H3. The van der Waals surface area contributed by atoms with Crippen molar-refractivity contribution in [2.75, 3.05) is 0 Å². The highest BCUT2D eigenvalue weighted by molar-refractivity contribution is 7.88. The third-order valence-corrected chi connectivity index (χ3v) is 2.70. The van der Waals surface area contributed by atoms with Gasteiger partial charge < -0.3 is 4.18 Å². The lowest BCUT2D eigenvalue weighted by molar-refractivity contribution is -0.0500. The summed E-state index contributed by atoms with van der Waals surface area (Å²) in [6, 6.07) is 5.11. The zero-order valence-electron chi connectivity index (χ0n) is 8.45. The summed E-state index contributed by atoms with van der Waals surface area (Å²) < 4.78 is 61.4. The number of benzene rings is 1. The smallest absolute Gasteiger partial charge is 0.375 e. The molecule has 0 aliphatic rings. The Balaban J connectivity index is 3.19. The lowest BCUT2D eigenvalue weighted by atomic mass is 10.1. The maximum Gasteiger partial charge on any atom is 0.534 e. The first-order valence-electron chi connectivity index (χ1n) is 4.19. The minimum absolute atomic E-state index is 0.280. The molecule has 0 saturated carbocycles. The molecule has 0 unspecified atom stereocenters. The van der Waals surface area contributed by atoms with Gasteiger partial charge in [-0.15, -0.1) is 0 Å². The Kier molecular flexibility index (Phi) is 3.33. The van der Waals surface area contributed by atoms with Crippen molar-refractivity contribution in [3.8, 4) is 11.8 Å². The maximum absolute atomic E-state index is 12.0. The number of nitriles is 1. The largest absolute Gasteiger partial charge is 0.534 e. The van der Waals surface area contributed by atoms with E-state index in [1.165, 1.54) is 12.1 Å². The predicted molar refractivity (Wildman–Crippen MR) is 51.5 cm³/mol. The van der Waals surface area contributed by atoms with Gasteiger partial charge >= 0.3 is 15.6 Å². The summed E-state index contributed by atoms with van der Waals surface area (Å²) in [5.74, 6) is -0.643. The minimum atomic E-state index is -5.75. The van der Waals surface area contributed by atoms with E-state index in [4.69, 9.17) is 5.26 Å². The Bertz CT molecular complexity index is 572. The normalized spacial score (nSPS) is 11.9. The summed E-state index contributed by atoms with van der Waals surface area (Å²) in [6.07, 6.45) is 0. The van der Waals surface area contributed by atoms with Crippen molar-refractivity contribution in [3.63, 3.8) is 0 Å². The molecule has 0 heterocycles. The van der Waals surface area contributed by atoms with E-state index in [-0.39, 0.29) is 5.56 Å². The van der Waals surface area contributed by atoms with Gasteiger partial charge in [-0.25, -0.2) is 0 Å². The van der Waals surface area contributed by atoms with Gasteiger partial charge in [-0.2, -0.15) is 26.9 Å². The molecule has 92 valence electrons. The van der Waals surface area contributed by atoms with Gasteiger partial charge in [0.2, 0.25) is 0 Å². The topological polar surface area (TPSA) is 67.2 Å². The van der Waals surface area contributed by atoms with E-state index in [9.17, 15) is 21.6 Å². The Morgan fingerprint density at radius 2 is 1.94 bits per heavy atom. The highest BCUT2D eigenvalue weighted by Crippen LogP contribution is 2.28. The third-order valence-electron chi connectivity index (χ3n) is 1.74. The lowest BCUT2D eigenvalue weighted by Crippen LogP contribution is -2.28. The van der Waals surface area contributed by atoms with Crippen LogP contribution in [0.3, 0.4) is 0 Å². The molecule has 1 aromatic rings. The van der Waals surface area contributed by atoms with Crippen LogP contribution in [-0.2, 0) is 10.1 Å². The average molecular weight is 265 g/mol. The second-order valence-electron chi connectivity index (χ2n) is 3.09. The first-order valence-corrected chi connectivity index (χ1v) is 5.60. The van der Waals surface area contributed by atoms with E-state index in [0.29, 0.717) is 5.56 Å². The van der Waals surface area contributed by atoms with Crippen molar-refractivity contribution in [2.24, 2.45) is 0 Å². The van der Waals surface area contributed by atoms with E-state index >= 15 is 0 Å². The van der Waals surface area contributed by atoms with Crippen LogP contribution < -0.4 is 4.18 Å². The Hall–Kier alpha value is -1.75. The summed E-state index contributed by atoms with van der Waals surface area (Å²) in [4.78, 5) is 0. The quantitative estimate of drug-likeness (QED) is 0.606. The average Bonchev–Trinajstić information content (AvgIpc) is 2.18. The van der Waals surface area contributed by atoms with E-state index < -0.39 is 21.4 Å². The van der Waals surface area contributed by atoms with E-state index in [2.05, 4.69) is 4.18 Å². The molecule has 0 aromatic heterocycles. The number of alkyl halides is 3. The summed E-state index contributed by atoms with van der Waals surface area (Å²) >= 11 is 0. The van der Waals surface area contributed by atoms with E-state index in [1.807, 2.05) is 0 Å². The molecule has 0 bridgehead atoms. The van der Waals surface area contributed by atoms with Crippen LogP contribution in [0.5, 0.6) is 5.75 Å². The first-order chi connectivity index (χ1) is 7.67. The van der Waals surface area contributed by atoms with Gasteiger partial charge in [0.05, 0.1) is 5.56 Å². The zero-order chi connectivity index (χ0) is 13.3. The summed E-state index contributed by atoms with van der Waals surface area (Å²) in [5, 5.41) is 8.64. The Morgan fingerprint density at radius 1 is 1.35 bits per heavy atom. The summed E-state index contributed by atoms with van der Waals surface area (Å²) in [5.41, 5.74) is -5.21. The fourth-order valence-electron chi connectivity index (χ4n) is 0.969. The Labute approximate surface area is 95.4 Å².